The molecule has 1 aliphatic heterocycles. The number of hydrogen-bond donors (Lipinski definition) is 1. The van der Waals surface area contributed by atoms with Crippen molar-refractivity contribution in [3.8, 4) is 5.75 Å². The standard InChI is InChI=1S/C21H23NO3/c1-22(2)11-5-8-18-17-7-4-3-6-16(17)14-25-20-10-9-15(12-19(18)20)13-21(23)24/h3-4,6-10,12H,5,11,13-14H2,1-2H3,(H,23,24)/b18-8-/i5D2,8D,9D,10D,11D2,12D,13D2,14D2. The van der Waals surface area contributed by atoms with E-state index in [1.807, 2.05) is 0 Å². The van der Waals surface area contributed by atoms with Crippen LogP contribution in [0.15, 0.2) is 48.4 Å². The van der Waals surface area contributed by atoms with Crippen LogP contribution in [0.4, 0.5) is 0 Å². The number of carbonyl (C=O) groups is 1. The van der Waals surface area contributed by atoms with Gasteiger partial charge >= 0.3 is 5.97 Å². The third kappa shape index (κ3) is 4.09. The lowest BCUT2D eigenvalue weighted by Gasteiger charge is -2.13. The predicted molar refractivity (Wildman–Crippen MR) is 98.8 cm³/mol. The summed E-state index contributed by atoms with van der Waals surface area (Å²) < 4.78 is 106. The first-order valence-electron chi connectivity index (χ1n) is 13.3. The Morgan fingerprint density at radius 1 is 1.44 bits per heavy atom. The summed E-state index contributed by atoms with van der Waals surface area (Å²) in [6, 6.07) is 1.17. The van der Waals surface area contributed by atoms with E-state index in [0.717, 1.165) is 4.90 Å². The van der Waals surface area contributed by atoms with Gasteiger partial charge in [-0.15, -0.1) is 0 Å². The van der Waals surface area contributed by atoms with E-state index in [9.17, 15) is 9.90 Å². The van der Waals surface area contributed by atoms with Gasteiger partial charge in [-0.1, -0.05) is 36.4 Å². The van der Waals surface area contributed by atoms with Gasteiger partial charge in [-0.25, -0.2) is 0 Å². The van der Waals surface area contributed by atoms with Gasteiger partial charge in [0.1, 0.15) is 12.3 Å². The summed E-state index contributed by atoms with van der Waals surface area (Å²) >= 11 is 0. The van der Waals surface area contributed by atoms with E-state index in [1.54, 1.807) is 0 Å². The number of ether oxygens (including phenoxy) is 1. The lowest BCUT2D eigenvalue weighted by atomic mass is 9.92. The molecular weight excluding hydrogens is 314 g/mol. The molecule has 130 valence electrons. The molecule has 0 unspecified atom stereocenters. The van der Waals surface area contributed by atoms with Gasteiger partial charge in [-0.05, 0) is 54.8 Å². The zero-order valence-corrected chi connectivity index (χ0v) is 13.5. The van der Waals surface area contributed by atoms with Crippen molar-refractivity contribution < 1.29 is 31.1 Å². The Balaban J connectivity index is 2.67. The normalized spacial score (nSPS) is 25.7. The fraction of sp³-hybridized carbons (Fsp3) is 0.286. The maximum absolute atomic E-state index is 11.7. The van der Waals surface area contributed by atoms with Gasteiger partial charge in [0.15, 0.2) is 0 Å². The van der Waals surface area contributed by atoms with E-state index in [0.29, 0.717) is 0 Å². The van der Waals surface area contributed by atoms with Gasteiger partial charge in [-0.3, -0.25) is 4.79 Å². The molecule has 3 rings (SSSR count). The third-order valence-corrected chi connectivity index (χ3v) is 3.19. The van der Waals surface area contributed by atoms with E-state index >= 15 is 0 Å². The molecule has 1 heterocycles. The molecule has 0 bridgehead atoms. The van der Waals surface area contributed by atoms with Gasteiger partial charge < -0.3 is 14.7 Å². The fourth-order valence-electron chi connectivity index (χ4n) is 2.18. The largest absolute Gasteiger partial charge is 0.488 e. The van der Waals surface area contributed by atoms with Crippen LogP contribution in [0.25, 0.3) is 5.57 Å². The molecule has 1 N–H and O–H groups in total. The Kier molecular flexibility index (Phi) is 2.33. The van der Waals surface area contributed by atoms with Crippen molar-refractivity contribution >= 4 is 11.5 Å². The van der Waals surface area contributed by atoms with Crippen LogP contribution in [-0.2, 0) is 17.7 Å². The Morgan fingerprint density at radius 3 is 3.00 bits per heavy atom. The minimum Gasteiger partial charge on any atom is -0.488 e. The molecule has 0 atom stereocenters. The average Bonchev–Trinajstić information content (AvgIpc) is 2.89. The first-order chi connectivity index (χ1) is 16.7. The highest BCUT2D eigenvalue weighted by molar-refractivity contribution is 5.85. The first-order valence-corrected chi connectivity index (χ1v) is 7.28. The third-order valence-electron chi connectivity index (χ3n) is 3.19. The van der Waals surface area contributed by atoms with E-state index in [1.165, 1.54) is 38.4 Å². The molecule has 0 spiro atoms. The van der Waals surface area contributed by atoms with Crippen molar-refractivity contribution in [1.82, 2.24) is 4.90 Å². The van der Waals surface area contributed by atoms with Crippen molar-refractivity contribution in [2.24, 2.45) is 0 Å². The highest BCUT2D eigenvalue weighted by atomic mass is 16.5. The molecule has 0 saturated carbocycles. The summed E-state index contributed by atoms with van der Waals surface area (Å²) in [6.07, 6.45) is -6.50. The van der Waals surface area contributed by atoms with E-state index in [-0.39, 0.29) is 11.1 Å². The number of carboxylic acid groups (broad SMARTS) is 1. The quantitative estimate of drug-likeness (QED) is 0.896. The van der Waals surface area contributed by atoms with E-state index in [2.05, 4.69) is 0 Å². The maximum Gasteiger partial charge on any atom is 0.307 e. The summed E-state index contributed by atoms with van der Waals surface area (Å²) in [4.78, 5) is 12.6. The van der Waals surface area contributed by atoms with Crippen LogP contribution >= 0.6 is 0 Å². The summed E-state index contributed by atoms with van der Waals surface area (Å²) in [5.74, 6) is -2.88. The predicted octanol–water partition coefficient (Wildman–Crippen LogP) is 3.59. The Morgan fingerprint density at radius 2 is 2.24 bits per heavy atom. The second kappa shape index (κ2) is 7.53. The zero-order chi connectivity index (χ0) is 28.5. The zero-order valence-electron chi connectivity index (χ0n) is 25.5. The van der Waals surface area contributed by atoms with Crippen molar-refractivity contribution in [3.05, 3.63) is 70.7 Å². The number of rotatable bonds is 5. The molecule has 0 fully saturated rings. The maximum atomic E-state index is 11.7. The summed E-state index contributed by atoms with van der Waals surface area (Å²) in [5.41, 5.74) is -2.83. The fourth-order valence-corrected chi connectivity index (χ4v) is 2.18. The van der Waals surface area contributed by atoms with Gasteiger partial charge in [-0.2, -0.15) is 0 Å². The van der Waals surface area contributed by atoms with Crippen LogP contribution in [0.1, 0.15) is 45.1 Å². The number of fused-ring (bicyclic) bond motifs is 2. The van der Waals surface area contributed by atoms with Crippen molar-refractivity contribution in [2.45, 2.75) is 19.3 Å². The van der Waals surface area contributed by atoms with Crippen LogP contribution < -0.4 is 4.74 Å². The molecule has 0 aromatic heterocycles. The van der Waals surface area contributed by atoms with E-state index < -0.39 is 78.4 Å². The lowest BCUT2D eigenvalue weighted by molar-refractivity contribution is -0.136. The molecule has 1 aliphatic rings. The Hall–Kier alpha value is -2.59. The molecule has 0 saturated heterocycles. The monoisotopic (exact) mass is 349 g/mol. The van der Waals surface area contributed by atoms with Crippen LogP contribution in [0.5, 0.6) is 5.75 Å². The Labute approximate surface area is 165 Å². The molecular formula is C21H23NO3. The summed E-state index contributed by atoms with van der Waals surface area (Å²) in [5, 5.41) is 9.45. The highest BCUT2D eigenvalue weighted by Crippen LogP contribution is 2.37. The summed E-state index contributed by atoms with van der Waals surface area (Å²) in [7, 11) is 2.46. The first kappa shape index (κ1) is 7.75. The SMILES string of the molecule is [2H]/C(=C1\c2ccccc2C([2H])([2H])Oc2c([2H])c([2H])c(C([2H])([2H])C(=O)O)c([2H])c21)C([2H])([2H])C([2H])([2H])N(C)C. The van der Waals surface area contributed by atoms with Gasteiger partial charge in [0.05, 0.1) is 14.6 Å². The second-order valence-corrected chi connectivity index (χ2v) is 5.27. The molecule has 4 heteroatoms. The minimum absolute atomic E-state index is 0.206. The van der Waals surface area contributed by atoms with Crippen LogP contribution in [0.2, 0.25) is 0 Å². The van der Waals surface area contributed by atoms with Gasteiger partial charge in [0, 0.05) is 20.3 Å². The van der Waals surface area contributed by atoms with Crippen molar-refractivity contribution in [2.75, 3.05) is 20.6 Å². The number of aliphatic carboxylic acids is 1. The minimum atomic E-state index is -3.37. The van der Waals surface area contributed by atoms with E-state index in [4.69, 9.17) is 21.2 Å². The number of nitrogens with zero attached hydrogens (tertiary/aromatic N) is 1. The van der Waals surface area contributed by atoms with Crippen LogP contribution in [0, 0.1) is 0 Å². The van der Waals surface area contributed by atoms with Crippen molar-refractivity contribution in [3.63, 3.8) is 0 Å². The molecule has 0 amide bonds. The molecule has 2 aromatic carbocycles. The van der Waals surface area contributed by atoms with Crippen LogP contribution in [0.3, 0.4) is 0 Å². The number of carboxylic acids is 1. The average molecular weight is 349 g/mol. The molecule has 0 radical (unpaired) electrons. The Bertz CT molecular complexity index is 1320. The van der Waals surface area contributed by atoms with Gasteiger partial charge in [0.2, 0.25) is 0 Å². The second-order valence-electron chi connectivity index (χ2n) is 5.27. The number of hydrogen-bond acceptors (Lipinski definition) is 3. The lowest BCUT2D eigenvalue weighted by Crippen LogP contribution is -2.12. The molecule has 0 aliphatic carbocycles. The number of benzene rings is 2. The highest BCUT2D eigenvalue weighted by Gasteiger charge is 2.19. The van der Waals surface area contributed by atoms with Crippen LogP contribution in [-0.4, -0.2) is 36.6 Å². The molecule has 25 heavy (non-hydrogen) atoms. The molecule has 4 nitrogen and oxygen atoms in total. The van der Waals surface area contributed by atoms with Gasteiger partial charge in [0.25, 0.3) is 0 Å². The smallest absolute Gasteiger partial charge is 0.307 e. The summed E-state index contributed by atoms with van der Waals surface area (Å²) in [6.45, 7) is -5.57. The van der Waals surface area contributed by atoms with Crippen molar-refractivity contribution in [1.29, 1.82) is 0 Å². The molecule has 2 aromatic rings. The topological polar surface area (TPSA) is 49.8 Å².